The van der Waals surface area contributed by atoms with Crippen LogP contribution in [-0.4, -0.2) is 21.5 Å². The molecule has 2 heterocycles. The van der Waals surface area contributed by atoms with Crippen molar-refractivity contribution in [3.05, 3.63) is 41.3 Å². The molecule has 4 nitrogen and oxygen atoms in total. The van der Waals surface area contributed by atoms with Crippen LogP contribution in [0.25, 0.3) is 0 Å². The minimum absolute atomic E-state index is 0.758. The normalized spacial score (nSPS) is 10.7. The molecule has 0 aliphatic rings. The number of nitrogens with zero attached hydrogens (tertiary/aromatic N) is 3. The van der Waals surface area contributed by atoms with Crippen molar-refractivity contribution in [1.82, 2.24) is 20.3 Å². The SMILES string of the molecule is CCNCc1cccnc1Sc1nc(C)cc(C)n1. The number of nitrogens with one attached hydrogen (secondary N) is 1. The lowest BCUT2D eigenvalue weighted by Gasteiger charge is -2.08. The zero-order chi connectivity index (χ0) is 13.7. The minimum Gasteiger partial charge on any atom is -0.313 e. The van der Waals surface area contributed by atoms with Crippen LogP contribution in [-0.2, 0) is 6.54 Å². The standard InChI is InChI=1S/C14H18N4S/c1-4-15-9-12-6-5-7-16-13(12)19-14-17-10(2)8-11(3)18-14/h5-8,15H,4,9H2,1-3H3. The number of rotatable bonds is 5. The third-order valence-electron chi connectivity index (χ3n) is 2.57. The number of aryl methyl sites for hydroxylation is 2. The lowest BCUT2D eigenvalue weighted by Crippen LogP contribution is -2.12. The molecule has 0 unspecified atom stereocenters. The summed E-state index contributed by atoms with van der Waals surface area (Å²) in [5, 5.41) is 5.04. The van der Waals surface area contributed by atoms with Crippen LogP contribution >= 0.6 is 11.8 Å². The predicted octanol–water partition coefficient (Wildman–Crippen LogP) is 2.75. The summed E-state index contributed by atoms with van der Waals surface area (Å²) in [4.78, 5) is 13.3. The van der Waals surface area contributed by atoms with E-state index in [0.29, 0.717) is 0 Å². The number of pyridine rings is 1. The van der Waals surface area contributed by atoms with Gasteiger partial charge in [-0.05, 0) is 49.9 Å². The third kappa shape index (κ3) is 4.01. The van der Waals surface area contributed by atoms with Crippen molar-refractivity contribution in [2.24, 2.45) is 0 Å². The predicted molar refractivity (Wildman–Crippen MR) is 77.2 cm³/mol. The molecule has 2 aromatic rings. The highest BCUT2D eigenvalue weighted by Crippen LogP contribution is 2.26. The van der Waals surface area contributed by atoms with E-state index in [0.717, 1.165) is 34.7 Å². The first-order chi connectivity index (χ1) is 9.19. The quantitative estimate of drug-likeness (QED) is 0.850. The Morgan fingerprint density at radius 2 is 1.95 bits per heavy atom. The van der Waals surface area contributed by atoms with Crippen molar-refractivity contribution >= 4 is 11.8 Å². The molecule has 0 aliphatic carbocycles. The molecule has 19 heavy (non-hydrogen) atoms. The summed E-state index contributed by atoms with van der Waals surface area (Å²) in [6, 6.07) is 6.02. The highest BCUT2D eigenvalue weighted by molar-refractivity contribution is 7.99. The molecule has 0 aliphatic heterocycles. The van der Waals surface area contributed by atoms with Gasteiger partial charge in [0.25, 0.3) is 0 Å². The summed E-state index contributed by atoms with van der Waals surface area (Å²) in [7, 11) is 0. The molecular weight excluding hydrogens is 256 g/mol. The van der Waals surface area contributed by atoms with Crippen LogP contribution in [0.3, 0.4) is 0 Å². The highest BCUT2D eigenvalue weighted by Gasteiger charge is 2.08. The van der Waals surface area contributed by atoms with Gasteiger partial charge in [0.15, 0.2) is 5.16 Å². The summed E-state index contributed by atoms with van der Waals surface area (Å²) in [5.41, 5.74) is 3.15. The smallest absolute Gasteiger partial charge is 0.194 e. The first-order valence-electron chi connectivity index (χ1n) is 6.33. The second kappa shape index (κ2) is 6.63. The van der Waals surface area contributed by atoms with Crippen LogP contribution in [0, 0.1) is 13.8 Å². The summed E-state index contributed by atoms with van der Waals surface area (Å²) in [6.07, 6.45) is 1.81. The largest absolute Gasteiger partial charge is 0.313 e. The van der Waals surface area contributed by atoms with Gasteiger partial charge >= 0.3 is 0 Å². The van der Waals surface area contributed by atoms with E-state index in [1.807, 2.05) is 26.0 Å². The molecule has 0 fully saturated rings. The second-order valence-electron chi connectivity index (χ2n) is 4.28. The lowest BCUT2D eigenvalue weighted by atomic mass is 10.3. The molecule has 0 atom stereocenters. The Labute approximate surface area is 118 Å². The molecule has 0 aromatic carbocycles. The molecular formula is C14H18N4S. The van der Waals surface area contributed by atoms with Crippen LogP contribution in [0.15, 0.2) is 34.6 Å². The van der Waals surface area contributed by atoms with Gasteiger partial charge in [-0.25, -0.2) is 15.0 Å². The Balaban J connectivity index is 2.22. The monoisotopic (exact) mass is 274 g/mol. The summed E-state index contributed by atoms with van der Waals surface area (Å²) < 4.78 is 0. The Bertz CT molecular complexity index is 537. The van der Waals surface area contributed by atoms with E-state index in [2.05, 4.69) is 33.3 Å². The van der Waals surface area contributed by atoms with Crippen molar-refractivity contribution in [2.75, 3.05) is 6.54 Å². The molecule has 5 heteroatoms. The van der Waals surface area contributed by atoms with Crippen LogP contribution < -0.4 is 5.32 Å². The molecule has 0 bridgehead atoms. The maximum atomic E-state index is 4.44. The molecule has 1 N–H and O–H groups in total. The van der Waals surface area contributed by atoms with Crippen LogP contribution in [0.1, 0.15) is 23.9 Å². The molecule has 2 aromatic heterocycles. The zero-order valence-electron chi connectivity index (χ0n) is 11.5. The maximum Gasteiger partial charge on any atom is 0.194 e. The second-order valence-corrected chi connectivity index (χ2v) is 5.24. The van der Waals surface area contributed by atoms with E-state index < -0.39 is 0 Å². The van der Waals surface area contributed by atoms with Gasteiger partial charge < -0.3 is 5.32 Å². The Morgan fingerprint density at radius 3 is 2.63 bits per heavy atom. The Kier molecular flexibility index (Phi) is 4.87. The van der Waals surface area contributed by atoms with Crippen molar-refractivity contribution < 1.29 is 0 Å². The Morgan fingerprint density at radius 1 is 1.21 bits per heavy atom. The summed E-state index contributed by atoms with van der Waals surface area (Å²) >= 11 is 1.52. The zero-order valence-corrected chi connectivity index (χ0v) is 12.3. The number of aromatic nitrogens is 3. The third-order valence-corrected chi connectivity index (χ3v) is 3.49. The van der Waals surface area contributed by atoms with Crippen molar-refractivity contribution in [3.8, 4) is 0 Å². The van der Waals surface area contributed by atoms with Gasteiger partial charge in [0.05, 0.1) is 0 Å². The van der Waals surface area contributed by atoms with E-state index in [1.54, 1.807) is 6.20 Å². The van der Waals surface area contributed by atoms with Gasteiger partial charge in [0.1, 0.15) is 5.03 Å². The summed E-state index contributed by atoms with van der Waals surface area (Å²) in [6.45, 7) is 7.82. The topological polar surface area (TPSA) is 50.7 Å². The Hall–Kier alpha value is -1.46. The molecule has 0 saturated heterocycles. The van der Waals surface area contributed by atoms with Gasteiger partial charge in [-0.2, -0.15) is 0 Å². The average Bonchev–Trinajstić information content (AvgIpc) is 2.36. The van der Waals surface area contributed by atoms with E-state index in [9.17, 15) is 0 Å². The van der Waals surface area contributed by atoms with Crippen LogP contribution in [0.4, 0.5) is 0 Å². The fraction of sp³-hybridized carbons (Fsp3) is 0.357. The highest BCUT2D eigenvalue weighted by atomic mass is 32.2. The van der Waals surface area contributed by atoms with Gasteiger partial charge in [0.2, 0.25) is 0 Å². The maximum absolute atomic E-state index is 4.44. The van der Waals surface area contributed by atoms with Crippen molar-refractivity contribution in [3.63, 3.8) is 0 Å². The first kappa shape index (κ1) is 14.0. The lowest BCUT2D eigenvalue weighted by molar-refractivity contribution is 0.710. The van der Waals surface area contributed by atoms with E-state index in [1.165, 1.54) is 17.3 Å². The van der Waals surface area contributed by atoms with Gasteiger partial charge in [-0.3, -0.25) is 0 Å². The minimum atomic E-state index is 0.758. The fourth-order valence-corrected chi connectivity index (χ4v) is 2.67. The number of hydrogen-bond donors (Lipinski definition) is 1. The number of hydrogen-bond acceptors (Lipinski definition) is 5. The molecule has 0 amide bonds. The van der Waals surface area contributed by atoms with E-state index in [4.69, 9.17) is 0 Å². The van der Waals surface area contributed by atoms with Crippen molar-refractivity contribution in [1.29, 1.82) is 0 Å². The van der Waals surface area contributed by atoms with Gasteiger partial charge in [-0.1, -0.05) is 13.0 Å². The molecule has 0 spiro atoms. The average molecular weight is 274 g/mol. The van der Waals surface area contributed by atoms with Gasteiger partial charge in [0, 0.05) is 24.1 Å². The van der Waals surface area contributed by atoms with Crippen molar-refractivity contribution in [2.45, 2.75) is 37.5 Å². The van der Waals surface area contributed by atoms with E-state index in [-0.39, 0.29) is 0 Å². The molecule has 0 saturated carbocycles. The first-order valence-corrected chi connectivity index (χ1v) is 7.15. The summed E-state index contributed by atoms with van der Waals surface area (Å²) in [5.74, 6) is 0. The van der Waals surface area contributed by atoms with Crippen LogP contribution in [0.5, 0.6) is 0 Å². The molecule has 2 rings (SSSR count). The molecule has 0 radical (unpaired) electrons. The van der Waals surface area contributed by atoms with Crippen LogP contribution in [0.2, 0.25) is 0 Å². The fourth-order valence-electron chi connectivity index (χ4n) is 1.74. The molecule has 100 valence electrons. The van der Waals surface area contributed by atoms with Gasteiger partial charge in [-0.15, -0.1) is 0 Å². The van der Waals surface area contributed by atoms with E-state index >= 15 is 0 Å².